The second-order valence-electron chi connectivity index (χ2n) is 6.21. The fraction of sp³-hybridized carbons (Fsp3) is 0.263. The normalized spacial score (nSPS) is 18.7. The average Bonchev–Trinajstić information content (AvgIpc) is 3.07. The van der Waals surface area contributed by atoms with E-state index in [0.717, 1.165) is 12.0 Å². The van der Waals surface area contributed by atoms with Gasteiger partial charge in [-0.25, -0.2) is 4.68 Å². The minimum atomic E-state index is -0.0129. The van der Waals surface area contributed by atoms with Crippen LogP contribution < -0.4 is 20.5 Å². The van der Waals surface area contributed by atoms with Crippen molar-refractivity contribution in [2.75, 3.05) is 25.3 Å². The molecule has 1 aliphatic heterocycles. The summed E-state index contributed by atoms with van der Waals surface area (Å²) in [5, 5.41) is 7.82. The third kappa shape index (κ3) is 2.81. The molecule has 0 spiro atoms. The number of aromatic nitrogens is 3. The number of hydrogen-bond acceptors (Lipinski definition) is 6. The number of nitrogens with one attached hydrogen (secondary N) is 1. The Morgan fingerprint density at radius 2 is 1.81 bits per heavy atom. The lowest BCUT2D eigenvalue weighted by Gasteiger charge is -2.32. The third-order valence-electron chi connectivity index (χ3n) is 4.70. The zero-order valence-electron chi connectivity index (χ0n) is 14.7. The maximum Gasteiger partial charge on any atom is 0.241 e. The summed E-state index contributed by atoms with van der Waals surface area (Å²) in [6, 6.07) is 16.3. The molecule has 134 valence electrons. The van der Waals surface area contributed by atoms with Gasteiger partial charge in [-0.15, -0.1) is 5.10 Å². The molecule has 7 heteroatoms. The van der Waals surface area contributed by atoms with E-state index in [9.17, 15) is 0 Å². The molecule has 1 aromatic heterocycles. The number of benzene rings is 2. The number of rotatable bonds is 4. The van der Waals surface area contributed by atoms with Crippen LogP contribution in [0.25, 0.3) is 0 Å². The zero-order valence-corrected chi connectivity index (χ0v) is 14.7. The summed E-state index contributed by atoms with van der Waals surface area (Å²) in [5.41, 5.74) is 8.12. The summed E-state index contributed by atoms with van der Waals surface area (Å²) in [4.78, 5) is 4.34. The summed E-state index contributed by atoms with van der Waals surface area (Å²) >= 11 is 0. The van der Waals surface area contributed by atoms with E-state index < -0.39 is 0 Å². The van der Waals surface area contributed by atoms with Crippen molar-refractivity contribution in [1.29, 1.82) is 0 Å². The molecule has 1 aliphatic rings. The number of anilines is 2. The molecule has 3 N–H and O–H groups in total. The highest BCUT2D eigenvalue weighted by Crippen LogP contribution is 2.40. The van der Waals surface area contributed by atoms with E-state index in [0.29, 0.717) is 17.4 Å². The predicted molar refractivity (Wildman–Crippen MR) is 99.5 cm³/mol. The number of nitrogens with two attached hydrogens (primary N) is 1. The first kappa shape index (κ1) is 16.3. The van der Waals surface area contributed by atoms with E-state index in [1.54, 1.807) is 14.2 Å². The number of fused-ring (bicyclic) bond motifs is 1. The Morgan fingerprint density at radius 1 is 1.04 bits per heavy atom. The van der Waals surface area contributed by atoms with Gasteiger partial charge in [-0.1, -0.05) is 36.4 Å². The molecular weight excluding hydrogens is 330 g/mol. The van der Waals surface area contributed by atoms with Crippen LogP contribution in [0.4, 0.5) is 11.9 Å². The van der Waals surface area contributed by atoms with Gasteiger partial charge in [0.2, 0.25) is 11.9 Å². The van der Waals surface area contributed by atoms with Crippen LogP contribution in [-0.2, 0) is 0 Å². The van der Waals surface area contributed by atoms with Gasteiger partial charge in [0.25, 0.3) is 0 Å². The van der Waals surface area contributed by atoms with Crippen molar-refractivity contribution >= 4 is 11.9 Å². The van der Waals surface area contributed by atoms with Gasteiger partial charge in [0.1, 0.15) is 0 Å². The molecular formula is C19H21N5O2. The highest BCUT2D eigenvalue weighted by molar-refractivity contribution is 5.47. The molecule has 0 saturated heterocycles. The van der Waals surface area contributed by atoms with Crippen LogP contribution in [0.5, 0.6) is 11.5 Å². The fourth-order valence-corrected chi connectivity index (χ4v) is 3.44. The Bertz CT molecular complexity index is 910. The first-order valence-corrected chi connectivity index (χ1v) is 8.45. The van der Waals surface area contributed by atoms with Crippen LogP contribution in [0.3, 0.4) is 0 Å². The predicted octanol–water partition coefficient (Wildman–Crippen LogP) is 3.02. The first-order valence-electron chi connectivity index (χ1n) is 8.45. The van der Waals surface area contributed by atoms with Gasteiger partial charge in [0.05, 0.1) is 26.3 Å². The van der Waals surface area contributed by atoms with Crippen molar-refractivity contribution in [1.82, 2.24) is 14.8 Å². The molecule has 0 bridgehead atoms. The minimum absolute atomic E-state index is 0.0129. The smallest absolute Gasteiger partial charge is 0.241 e. The van der Waals surface area contributed by atoms with Crippen molar-refractivity contribution in [3.8, 4) is 11.5 Å². The third-order valence-corrected chi connectivity index (χ3v) is 4.70. The Hall–Kier alpha value is -3.22. The monoisotopic (exact) mass is 351 g/mol. The molecule has 0 amide bonds. The lowest BCUT2D eigenvalue weighted by Crippen LogP contribution is -2.28. The van der Waals surface area contributed by atoms with E-state index in [2.05, 4.69) is 27.5 Å². The summed E-state index contributed by atoms with van der Waals surface area (Å²) < 4.78 is 12.7. The molecule has 2 unspecified atom stereocenters. The van der Waals surface area contributed by atoms with Gasteiger partial charge in [0.15, 0.2) is 11.5 Å². The lowest BCUT2D eigenvalue weighted by molar-refractivity contribution is 0.352. The van der Waals surface area contributed by atoms with E-state index in [4.69, 9.17) is 15.2 Å². The summed E-state index contributed by atoms with van der Waals surface area (Å²) in [5.74, 6) is 2.31. The van der Waals surface area contributed by atoms with E-state index in [1.807, 2.05) is 41.1 Å². The standard InChI is InChI=1S/C19H21N5O2/c1-25-16-9-8-13(10-17(16)26-2)15-11-14(12-6-4-3-5-7-12)21-19-22-18(20)23-24(15)19/h3-10,14-15H,11H2,1-2H3,(H3,20,21,22,23). The SMILES string of the molecule is COc1ccc(C2CC(c3ccccc3)Nc3nc(N)nn32)cc1OC. The van der Waals surface area contributed by atoms with Crippen LogP contribution in [0.2, 0.25) is 0 Å². The van der Waals surface area contributed by atoms with E-state index in [1.165, 1.54) is 5.56 Å². The van der Waals surface area contributed by atoms with E-state index >= 15 is 0 Å². The topological polar surface area (TPSA) is 87.2 Å². The Kier molecular flexibility index (Phi) is 4.12. The Morgan fingerprint density at radius 3 is 2.54 bits per heavy atom. The second-order valence-corrected chi connectivity index (χ2v) is 6.21. The maximum atomic E-state index is 5.86. The Balaban J connectivity index is 1.76. The molecule has 0 saturated carbocycles. The summed E-state index contributed by atoms with van der Waals surface area (Å²) in [7, 11) is 3.26. The molecule has 0 radical (unpaired) electrons. The zero-order chi connectivity index (χ0) is 18.1. The molecule has 4 rings (SSSR count). The molecule has 7 nitrogen and oxygen atoms in total. The minimum Gasteiger partial charge on any atom is -0.493 e. The number of nitrogen functional groups attached to an aromatic ring is 1. The maximum absolute atomic E-state index is 5.86. The number of hydrogen-bond donors (Lipinski definition) is 2. The second kappa shape index (κ2) is 6.59. The van der Waals surface area contributed by atoms with Crippen molar-refractivity contribution in [3.63, 3.8) is 0 Å². The average molecular weight is 351 g/mol. The van der Waals surface area contributed by atoms with Gasteiger partial charge in [0, 0.05) is 0 Å². The largest absolute Gasteiger partial charge is 0.493 e. The molecule has 0 fully saturated rings. The van der Waals surface area contributed by atoms with Crippen LogP contribution in [0.15, 0.2) is 48.5 Å². The lowest BCUT2D eigenvalue weighted by atomic mass is 9.93. The van der Waals surface area contributed by atoms with Crippen molar-refractivity contribution < 1.29 is 9.47 Å². The first-order chi connectivity index (χ1) is 12.7. The van der Waals surface area contributed by atoms with Crippen LogP contribution in [-0.4, -0.2) is 29.0 Å². The molecule has 0 aliphatic carbocycles. The highest BCUT2D eigenvalue weighted by Gasteiger charge is 2.31. The molecule has 2 heterocycles. The Labute approximate surface area is 151 Å². The van der Waals surface area contributed by atoms with Gasteiger partial charge < -0.3 is 20.5 Å². The van der Waals surface area contributed by atoms with Crippen molar-refractivity contribution in [3.05, 3.63) is 59.7 Å². The van der Waals surface area contributed by atoms with Gasteiger partial charge >= 0.3 is 0 Å². The number of methoxy groups -OCH3 is 2. The quantitative estimate of drug-likeness (QED) is 0.751. The summed E-state index contributed by atoms with van der Waals surface area (Å²) in [6.45, 7) is 0. The van der Waals surface area contributed by atoms with Gasteiger partial charge in [-0.3, -0.25) is 0 Å². The van der Waals surface area contributed by atoms with Crippen LogP contribution >= 0.6 is 0 Å². The van der Waals surface area contributed by atoms with Gasteiger partial charge in [-0.05, 0) is 29.7 Å². The summed E-state index contributed by atoms with van der Waals surface area (Å²) in [6.07, 6.45) is 0.815. The molecule has 2 aromatic carbocycles. The van der Waals surface area contributed by atoms with E-state index in [-0.39, 0.29) is 18.0 Å². The molecule has 26 heavy (non-hydrogen) atoms. The van der Waals surface area contributed by atoms with Crippen LogP contribution in [0, 0.1) is 0 Å². The van der Waals surface area contributed by atoms with Crippen molar-refractivity contribution in [2.24, 2.45) is 0 Å². The van der Waals surface area contributed by atoms with Gasteiger partial charge in [-0.2, -0.15) is 4.98 Å². The molecule has 3 aromatic rings. The number of ether oxygens (including phenoxy) is 2. The fourth-order valence-electron chi connectivity index (χ4n) is 3.44. The highest BCUT2D eigenvalue weighted by atomic mass is 16.5. The number of nitrogens with zero attached hydrogens (tertiary/aromatic N) is 3. The molecule has 2 atom stereocenters. The van der Waals surface area contributed by atoms with Crippen LogP contribution in [0.1, 0.15) is 29.6 Å². The van der Waals surface area contributed by atoms with Crippen molar-refractivity contribution in [2.45, 2.75) is 18.5 Å².